The summed E-state index contributed by atoms with van der Waals surface area (Å²) in [5.74, 6) is -6.49. The quantitative estimate of drug-likeness (QED) is 0.0121. The lowest BCUT2D eigenvalue weighted by Crippen LogP contribution is -2.60. The molecule has 2 saturated heterocycles. The second-order valence-corrected chi connectivity index (χ2v) is 21.1. The highest BCUT2D eigenvalue weighted by atomic mass is 16.6. The molecular formula is C51H92N12O18. The molecule has 13 N–H and O–H groups in total. The van der Waals surface area contributed by atoms with Gasteiger partial charge in [0.2, 0.25) is 11.8 Å². The van der Waals surface area contributed by atoms with Crippen molar-refractivity contribution in [3.05, 3.63) is 0 Å². The average Bonchev–Trinajstić information content (AvgIpc) is 3.82. The third-order valence-corrected chi connectivity index (χ3v) is 14.4. The van der Waals surface area contributed by atoms with Gasteiger partial charge in [0, 0.05) is 76.5 Å². The summed E-state index contributed by atoms with van der Waals surface area (Å²) in [6.07, 6.45) is 6.89. The Morgan fingerprint density at radius 1 is 0.605 bits per heavy atom. The Morgan fingerprint density at radius 3 is 1.64 bits per heavy atom. The summed E-state index contributed by atoms with van der Waals surface area (Å²) in [5.41, 5.74) is 11.7. The molecule has 2 heterocycles. The third-order valence-electron chi connectivity index (χ3n) is 14.4. The summed E-state index contributed by atoms with van der Waals surface area (Å²) in [6, 6.07) is -3.34. The monoisotopic (exact) mass is 1160 g/mol. The summed E-state index contributed by atoms with van der Waals surface area (Å²) in [5, 5.41) is 58.6. The standard InChI is InChI=1S/C51H92N12O18/c1-50(62(22-25-65)31-44(69)70)33-58(21-24-64)17-19-60(35-50)42(49(77)78)13-5-8-16-57-81-27-9-11-40(56-38-80-29-28-79-37-54-14-6-3-10-39(52)46(53)73)47(74)55-15-7-4-12-41(48(75)76)61-20-18-59(30-43(67)68)34-51(2,36-61)63(23-26-66)32-45(71)72/h24-26,39-42,54,56-57H,3-23,27-38,52H2,1-2H3,(H2,53,73)(H,55,74)(H,67,68)(H,69,70)(H,71,72)(H,75,76)(H,77,78)/t39-,40+,41-,42-,50?,51?/m1/s1. The minimum absolute atomic E-state index is 0.00806. The highest BCUT2D eigenvalue weighted by Crippen LogP contribution is 2.26. The smallest absolute Gasteiger partial charge is 0.320 e. The number of aliphatic carboxylic acids is 5. The number of carboxylic acids is 5. The fourth-order valence-electron chi connectivity index (χ4n) is 10.2. The van der Waals surface area contributed by atoms with Crippen LogP contribution in [0.15, 0.2) is 0 Å². The van der Waals surface area contributed by atoms with Gasteiger partial charge in [-0.05, 0) is 84.6 Å². The van der Waals surface area contributed by atoms with E-state index in [9.17, 15) is 73.5 Å². The van der Waals surface area contributed by atoms with Crippen molar-refractivity contribution in [3.8, 4) is 0 Å². The highest BCUT2D eigenvalue weighted by molar-refractivity contribution is 5.81. The molecule has 0 saturated carbocycles. The molecule has 2 amide bonds. The van der Waals surface area contributed by atoms with Gasteiger partial charge < -0.3 is 71.0 Å². The van der Waals surface area contributed by atoms with Crippen LogP contribution in [0.4, 0.5) is 0 Å². The largest absolute Gasteiger partial charge is 0.480 e. The van der Waals surface area contributed by atoms with E-state index in [1.807, 2.05) is 4.90 Å². The van der Waals surface area contributed by atoms with Gasteiger partial charge in [-0.3, -0.25) is 73.6 Å². The van der Waals surface area contributed by atoms with Crippen LogP contribution >= 0.6 is 0 Å². The number of unbranched alkanes of at least 4 members (excludes halogenated alkanes) is 3. The van der Waals surface area contributed by atoms with E-state index in [0.29, 0.717) is 83.7 Å². The zero-order valence-corrected chi connectivity index (χ0v) is 47.3. The lowest BCUT2D eigenvalue weighted by atomic mass is 9.96. The van der Waals surface area contributed by atoms with Gasteiger partial charge in [0.1, 0.15) is 30.9 Å². The Morgan fingerprint density at radius 2 is 1.12 bits per heavy atom. The molecule has 464 valence electrons. The number of aldehydes is 3. The zero-order chi connectivity index (χ0) is 60.2. The molecule has 2 aliphatic heterocycles. The molecule has 30 heteroatoms. The zero-order valence-electron chi connectivity index (χ0n) is 47.3. The Hall–Kier alpha value is -5.22. The van der Waals surface area contributed by atoms with Gasteiger partial charge in [-0.15, -0.1) is 0 Å². The molecule has 0 aliphatic carbocycles. The number of hydroxylamine groups is 1. The second kappa shape index (κ2) is 40.1. The summed E-state index contributed by atoms with van der Waals surface area (Å²) < 4.78 is 11.3. The summed E-state index contributed by atoms with van der Waals surface area (Å²) >= 11 is 0. The molecule has 0 spiro atoms. The van der Waals surface area contributed by atoms with Gasteiger partial charge in [-0.25, -0.2) is 5.48 Å². The molecular weight excluding hydrogens is 1070 g/mol. The molecule has 6 atom stereocenters. The van der Waals surface area contributed by atoms with Crippen molar-refractivity contribution in [3.63, 3.8) is 0 Å². The van der Waals surface area contributed by atoms with Crippen LogP contribution in [0, 0.1) is 0 Å². The van der Waals surface area contributed by atoms with Crippen LogP contribution < -0.4 is 32.9 Å². The number of ether oxygens (including phenoxy) is 2. The number of nitrogens with one attached hydrogen (secondary N) is 4. The molecule has 0 aromatic heterocycles. The van der Waals surface area contributed by atoms with Crippen LogP contribution in [-0.2, 0) is 62.3 Å². The number of hydrogen-bond donors (Lipinski definition) is 11. The molecule has 2 aliphatic rings. The normalized spacial score (nSPS) is 20.2. The van der Waals surface area contributed by atoms with Crippen LogP contribution in [-0.4, -0.2) is 295 Å². The molecule has 81 heavy (non-hydrogen) atoms. The predicted molar refractivity (Wildman–Crippen MR) is 291 cm³/mol. The van der Waals surface area contributed by atoms with Crippen molar-refractivity contribution in [2.45, 2.75) is 120 Å². The maximum absolute atomic E-state index is 13.6. The second-order valence-electron chi connectivity index (χ2n) is 21.1. The van der Waals surface area contributed by atoms with Crippen molar-refractivity contribution in [2.75, 3.05) is 145 Å². The van der Waals surface area contributed by atoms with Crippen LogP contribution in [0.3, 0.4) is 0 Å². The molecule has 0 aromatic carbocycles. The minimum Gasteiger partial charge on any atom is -0.480 e. The molecule has 30 nitrogen and oxygen atoms in total. The van der Waals surface area contributed by atoms with E-state index >= 15 is 0 Å². The van der Waals surface area contributed by atoms with Gasteiger partial charge in [0.05, 0.1) is 84.6 Å². The van der Waals surface area contributed by atoms with E-state index < -0.39 is 84.1 Å². The third kappa shape index (κ3) is 29.0. The van der Waals surface area contributed by atoms with E-state index in [2.05, 4.69) is 21.4 Å². The first-order chi connectivity index (χ1) is 38.6. The van der Waals surface area contributed by atoms with Gasteiger partial charge in [0.25, 0.3) is 0 Å². The van der Waals surface area contributed by atoms with Gasteiger partial charge in [-0.2, -0.15) is 0 Å². The maximum Gasteiger partial charge on any atom is 0.320 e. The van der Waals surface area contributed by atoms with Crippen LogP contribution in [0.2, 0.25) is 0 Å². The summed E-state index contributed by atoms with van der Waals surface area (Å²) in [6.45, 7) is 5.57. The lowest BCUT2D eigenvalue weighted by molar-refractivity contribution is -0.146. The van der Waals surface area contributed by atoms with Crippen molar-refractivity contribution >= 4 is 60.5 Å². The number of hydrogen-bond acceptors (Lipinski definition) is 23. The van der Waals surface area contributed by atoms with Crippen molar-refractivity contribution < 1.29 is 87.8 Å². The first kappa shape index (κ1) is 71.9. The van der Waals surface area contributed by atoms with Gasteiger partial charge >= 0.3 is 29.8 Å². The van der Waals surface area contributed by atoms with Crippen molar-refractivity contribution in [1.82, 2.24) is 50.8 Å². The first-order valence-electron chi connectivity index (χ1n) is 27.7. The van der Waals surface area contributed by atoms with Crippen molar-refractivity contribution in [2.24, 2.45) is 11.5 Å². The number of carboxylic acid groups (broad SMARTS) is 5. The van der Waals surface area contributed by atoms with Gasteiger partial charge in [0.15, 0.2) is 0 Å². The van der Waals surface area contributed by atoms with Crippen molar-refractivity contribution in [1.29, 1.82) is 0 Å². The van der Waals surface area contributed by atoms with Crippen LogP contribution in [0.5, 0.6) is 0 Å². The van der Waals surface area contributed by atoms with Crippen LogP contribution in [0.25, 0.3) is 0 Å². The Balaban J connectivity index is 1.98. The number of primary amides is 1. The SMILES string of the molecule is CC1(N(CC=O)CC(=O)O)CN(CC=O)CCN([C@H](CCCCNOCCC[C@H](NCOCCOCNCCCC[C@@H](N)C(N)=O)C(=O)NCCCC[C@H](C(=O)O)N2CCN(CC(=O)O)CC(C)(N(CC=O)CC(=O)O)C2)C(=O)O)C1. The van der Waals surface area contributed by atoms with Crippen LogP contribution in [0.1, 0.15) is 84.5 Å². The number of nitrogens with two attached hydrogens (primary N) is 2. The number of carbonyl (C=O) groups excluding carboxylic acids is 5. The fourth-order valence-corrected chi connectivity index (χ4v) is 10.2. The molecule has 0 aromatic rings. The topological polar surface area (TPSA) is 419 Å². The highest BCUT2D eigenvalue weighted by Gasteiger charge is 2.43. The lowest BCUT2D eigenvalue weighted by Gasteiger charge is -2.43. The van der Waals surface area contributed by atoms with E-state index in [1.54, 1.807) is 28.5 Å². The van der Waals surface area contributed by atoms with Gasteiger partial charge in [-0.1, -0.05) is 6.42 Å². The number of amides is 2. The van der Waals surface area contributed by atoms with E-state index in [-0.39, 0.29) is 124 Å². The Bertz CT molecular complexity index is 1950. The number of nitrogens with zero attached hydrogens (tertiary/aromatic N) is 6. The van der Waals surface area contributed by atoms with E-state index in [1.165, 1.54) is 9.80 Å². The predicted octanol–water partition coefficient (Wildman–Crippen LogP) is -3.66. The molecule has 2 unspecified atom stereocenters. The molecule has 0 radical (unpaired) electrons. The average molecular weight is 1160 g/mol. The Labute approximate surface area is 473 Å². The molecule has 0 bridgehead atoms. The van der Waals surface area contributed by atoms with E-state index in [4.69, 9.17) is 25.8 Å². The Kier molecular flexibility index (Phi) is 35.6. The summed E-state index contributed by atoms with van der Waals surface area (Å²) in [7, 11) is 0. The maximum atomic E-state index is 13.6. The summed E-state index contributed by atoms with van der Waals surface area (Å²) in [4.78, 5) is 135. The van der Waals surface area contributed by atoms with E-state index in [0.717, 1.165) is 19.1 Å². The number of carbonyl (C=O) groups is 10. The minimum atomic E-state index is -1.20. The fraction of sp³-hybridized carbons (Fsp3) is 0.804. The molecule has 2 fully saturated rings. The first-order valence-corrected chi connectivity index (χ1v) is 27.7. The number of rotatable bonds is 48. The molecule has 2 rings (SSSR count).